The summed E-state index contributed by atoms with van der Waals surface area (Å²) in [4.78, 5) is 20.4. The Morgan fingerprint density at radius 1 is 1.25 bits per heavy atom. The van der Waals surface area contributed by atoms with Crippen molar-refractivity contribution < 1.29 is 13.9 Å². The molecule has 2 N–H and O–H groups in total. The highest BCUT2D eigenvalue weighted by Crippen LogP contribution is 2.36. The van der Waals surface area contributed by atoms with Crippen molar-refractivity contribution in [1.82, 2.24) is 20.2 Å². The summed E-state index contributed by atoms with van der Waals surface area (Å²) in [6.07, 6.45) is 3.93. The normalized spacial score (nSPS) is 11.7. The SMILES string of the molecule is CC(Oc1cc(N(C=O)c2cncnc2)nnc1N)c1c(Cl)ccc(F)c1Cl. The van der Waals surface area contributed by atoms with E-state index >= 15 is 0 Å². The molecule has 0 aliphatic rings. The molecule has 0 aliphatic heterocycles. The van der Waals surface area contributed by atoms with Crippen molar-refractivity contribution >= 4 is 46.9 Å². The van der Waals surface area contributed by atoms with E-state index in [4.69, 9.17) is 33.7 Å². The zero-order valence-corrected chi connectivity index (χ0v) is 15.9. The molecule has 8 nitrogen and oxygen atoms in total. The van der Waals surface area contributed by atoms with Gasteiger partial charge >= 0.3 is 0 Å². The van der Waals surface area contributed by atoms with Crippen LogP contribution in [-0.2, 0) is 4.79 Å². The maximum atomic E-state index is 13.8. The minimum Gasteiger partial charge on any atom is -0.482 e. The summed E-state index contributed by atoms with van der Waals surface area (Å²) in [7, 11) is 0. The minimum absolute atomic E-state index is 0.0330. The van der Waals surface area contributed by atoms with Crippen LogP contribution < -0.4 is 15.4 Å². The van der Waals surface area contributed by atoms with Crippen molar-refractivity contribution in [3.05, 3.63) is 58.3 Å². The number of nitrogens with zero attached hydrogens (tertiary/aromatic N) is 5. The molecule has 1 amide bonds. The van der Waals surface area contributed by atoms with Crippen LogP contribution in [0.4, 0.5) is 21.7 Å². The van der Waals surface area contributed by atoms with Gasteiger partial charge in [0.25, 0.3) is 0 Å². The fourth-order valence-corrected chi connectivity index (χ4v) is 3.09. The highest BCUT2D eigenvalue weighted by molar-refractivity contribution is 6.36. The summed E-state index contributed by atoms with van der Waals surface area (Å²) < 4.78 is 19.6. The van der Waals surface area contributed by atoms with Crippen molar-refractivity contribution in [2.45, 2.75) is 13.0 Å². The molecule has 1 atom stereocenters. The molecule has 0 spiro atoms. The topological polar surface area (TPSA) is 107 Å². The molecule has 3 aromatic rings. The lowest BCUT2D eigenvalue weighted by Gasteiger charge is -2.20. The Kier molecular flexibility index (Phi) is 5.86. The van der Waals surface area contributed by atoms with Gasteiger partial charge in [0.2, 0.25) is 6.41 Å². The molecule has 3 rings (SSSR count). The highest BCUT2D eigenvalue weighted by Gasteiger charge is 2.21. The van der Waals surface area contributed by atoms with E-state index in [0.29, 0.717) is 12.1 Å². The maximum Gasteiger partial charge on any atom is 0.220 e. The fourth-order valence-electron chi connectivity index (χ4n) is 2.41. The molecule has 0 bridgehead atoms. The average Bonchev–Trinajstić information content (AvgIpc) is 2.69. The Balaban J connectivity index is 1.94. The average molecular weight is 423 g/mol. The van der Waals surface area contributed by atoms with Gasteiger partial charge in [-0.05, 0) is 19.1 Å². The molecule has 0 saturated heterocycles. The summed E-state index contributed by atoms with van der Waals surface area (Å²) in [5.41, 5.74) is 6.45. The predicted octanol–water partition coefficient (Wildman–Crippen LogP) is 3.73. The molecule has 0 aliphatic carbocycles. The van der Waals surface area contributed by atoms with E-state index in [1.807, 2.05) is 0 Å². The molecule has 11 heteroatoms. The summed E-state index contributed by atoms with van der Waals surface area (Å²) in [6, 6.07) is 3.94. The highest BCUT2D eigenvalue weighted by atomic mass is 35.5. The van der Waals surface area contributed by atoms with Crippen LogP contribution in [0, 0.1) is 5.82 Å². The van der Waals surface area contributed by atoms with Gasteiger partial charge in [-0.2, -0.15) is 0 Å². The predicted molar refractivity (Wildman–Crippen MR) is 102 cm³/mol. The van der Waals surface area contributed by atoms with Gasteiger partial charge in [0.05, 0.1) is 23.1 Å². The molecular formula is C17H13Cl2FN6O2. The first kappa shape index (κ1) is 19.7. The summed E-state index contributed by atoms with van der Waals surface area (Å²) >= 11 is 12.1. The number of carbonyl (C=O) groups is 1. The van der Waals surface area contributed by atoms with E-state index < -0.39 is 11.9 Å². The van der Waals surface area contributed by atoms with E-state index in [0.717, 1.165) is 11.0 Å². The van der Waals surface area contributed by atoms with Gasteiger partial charge in [0, 0.05) is 16.7 Å². The molecule has 1 aromatic carbocycles. The smallest absolute Gasteiger partial charge is 0.220 e. The standard InChI is InChI=1S/C17H13Cl2FN6O2/c1-9(15-11(18)2-3-12(20)16(15)19)28-13-4-14(24-25-17(13)21)26(8-27)10-5-22-7-23-6-10/h2-9H,1H3,(H2,21,25). The Morgan fingerprint density at radius 2 is 1.96 bits per heavy atom. The number of hydrogen-bond donors (Lipinski definition) is 1. The molecular weight excluding hydrogens is 410 g/mol. The second-order valence-corrected chi connectivity index (χ2v) is 6.33. The third-order valence-corrected chi connectivity index (χ3v) is 4.45. The van der Waals surface area contributed by atoms with Crippen molar-refractivity contribution in [3.63, 3.8) is 0 Å². The van der Waals surface area contributed by atoms with Crippen LogP contribution in [0.3, 0.4) is 0 Å². The zero-order valence-electron chi connectivity index (χ0n) is 14.4. The number of anilines is 3. The second kappa shape index (κ2) is 8.32. The van der Waals surface area contributed by atoms with Crippen LogP contribution in [0.1, 0.15) is 18.6 Å². The third-order valence-electron chi connectivity index (χ3n) is 3.74. The largest absolute Gasteiger partial charge is 0.482 e. The molecule has 0 fully saturated rings. The number of aromatic nitrogens is 4. The Labute approximate surface area is 169 Å². The molecule has 0 saturated carbocycles. The molecule has 1 unspecified atom stereocenters. The molecule has 0 radical (unpaired) electrons. The van der Waals surface area contributed by atoms with Gasteiger partial charge < -0.3 is 10.5 Å². The van der Waals surface area contributed by atoms with Crippen LogP contribution in [0.2, 0.25) is 10.0 Å². The van der Waals surface area contributed by atoms with Gasteiger partial charge in [-0.15, -0.1) is 10.2 Å². The lowest BCUT2D eigenvalue weighted by molar-refractivity contribution is -0.106. The minimum atomic E-state index is -0.764. The van der Waals surface area contributed by atoms with Crippen LogP contribution >= 0.6 is 23.2 Å². The van der Waals surface area contributed by atoms with Gasteiger partial charge in [-0.1, -0.05) is 23.2 Å². The summed E-state index contributed by atoms with van der Waals surface area (Å²) in [5, 5.41) is 7.77. The van der Waals surface area contributed by atoms with E-state index in [9.17, 15) is 9.18 Å². The fraction of sp³-hybridized carbons (Fsp3) is 0.118. The number of nitrogens with two attached hydrogens (primary N) is 1. The molecule has 2 aromatic heterocycles. The van der Waals surface area contributed by atoms with Crippen LogP contribution in [0.5, 0.6) is 5.75 Å². The summed E-state index contributed by atoms with van der Waals surface area (Å²) in [6.45, 7) is 1.62. The van der Waals surface area contributed by atoms with Gasteiger partial charge in [-0.25, -0.2) is 14.4 Å². The van der Waals surface area contributed by atoms with Gasteiger partial charge in [-0.3, -0.25) is 9.69 Å². The lowest BCUT2D eigenvalue weighted by atomic mass is 10.1. The number of ether oxygens (including phenoxy) is 1. The maximum absolute atomic E-state index is 13.8. The van der Waals surface area contributed by atoms with E-state index in [-0.39, 0.29) is 33.0 Å². The van der Waals surface area contributed by atoms with Crippen LogP contribution in [-0.4, -0.2) is 26.6 Å². The van der Waals surface area contributed by atoms with Crippen molar-refractivity contribution in [1.29, 1.82) is 0 Å². The number of amides is 1. The number of carbonyl (C=O) groups excluding carboxylic acids is 1. The first-order chi connectivity index (χ1) is 13.4. The number of rotatable bonds is 6. The zero-order chi connectivity index (χ0) is 20.3. The Hall–Kier alpha value is -3.04. The molecule has 28 heavy (non-hydrogen) atoms. The number of hydrogen-bond acceptors (Lipinski definition) is 7. The lowest BCUT2D eigenvalue weighted by Crippen LogP contribution is -2.17. The van der Waals surface area contributed by atoms with Crippen LogP contribution in [0.15, 0.2) is 36.9 Å². The van der Waals surface area contributed by atoms with Gasteiger partial charge in [0.1, 0.15) is 18.2 Å². The monoisotopic (exact) mass is 422 g/mol. The third kappa shape index (κ3) is 3.95. The molecule has 144 valence electrons. The molecule has 2 heterocycles. The second-order valence-electron chi connectivity index (χ2n) is 5.54. The van der Waals surface area contributed by atoms with Crippen molar-refractivity contribution in [2.24, 2.45) is 0 Å². The number of benzene rings is 1. The number of nitrogen functional groups attached to an aromatic ring is 1. The van der Waals surface area contributed by atoms with E-state index in [1.54, 1.807) is 6.92 Å². The Morgan fingerprint density at radius 3 is 2.64 bits per heavy atom. The first-order valence-electron chi connectivity index (χ1n) is 7.85. The van der Waals surface area contributed by atoms with E-state index in [1.165, 1.54) is 30.9 Å². The first-order valence-corrected chi connectivity index (χ1v) is 8.60. The van der Waals surface area contributed by atoms with Crippen LogP contribution in [0.25, 0.3) is 0 Å². The summed E-state index contributed by atoms with van der Waals surface area (Å²) in [5.74, 6) is -0.432. The van der Waals surface area contributed by atoms with Crippen molar-refractivity contribution in [2.75, 3.05) is 10.6 Å². The van der Waals surface area contributed by atoms with E-state index in [2.05, 4.69) is 20.2 Å². The Bertz CT molecular complexity index is 1010. The quantitative estimate of drug-likeness (QED) is 0.476. The van der Waals surface area contributed by atoms with Gasteiger partial charge in [0.15, 0.2) is 17.4 Å². The number of halogens is 3. The van der Waals surface area contributed by atoms with Crippen molar-refractivity contribution in [3.8, 4) is 5.75 Å².